The molecule has 0 N–H and O–H groups in total. The smallest absolute Gasteiger partial charge is 0.119 e. The number of benzene rings is 1. The molecule has 1 aliphatic rings. The van der Waals surface area contributed by atoms with Crippen LogP contribution in [0.5, 0.6) is 5.75 Å². The SMILES string of the molecule is CC1=CC(CCOc2ccccc2)CC1. The molecule has 0 saturated carbocycles. The molecule has 1 aromatic carbocycles. The molecule has 15 heavy (non-hydrogen) atoms. The topological polar surface area (TPSA) is 9.23 Å². The third-order valence-electron chi connectivity index (χ3n) is 2.93. The quantitative estimate of drug-likeness (QED) is 0.674. The summed E-state index contributed by atoms with van der Waals surface area (Å²) in [5.41, 5.74) is 1.54. The first-order chi connectivity index (χ1) is 7.34. The molecule has 0 saturated heterocycles. The van der Waals surface area contributed by atoms with Gasteiger partial charge in [0.1, 0.15) is 5.75 Å². The molecule has 0 heterocycles. The second-order valence-electron chi connectivity index (χ2n) is 4.26. The van der Waals surface area contributed by atoms with Crippen molar-refractivity contribution in [1.29, 1.82) is 0 Å². The Kier molecular flexibility index (Phi) is 3.44. The van der Waals surface area contributed by atoms with E-state index in [1.54, 1.807) is 5.57 Å². The third kappa shape index (κ3) is 3.12. The van der Waals surface area contributed by atoms with Gasteiger partial charge in [0, 0.05) is 0 Å². The highest BCUT2D eigenvalue weighted by Crippen LogP contribution is 2.26. The van der Waals surface area contributed by atoms with Gasteiger partial charge in [-0.3, -0.25) is 0 Å². The molecule has 0 aliphatic heterocycles. The average Bonchev–Trinajstić information content (AvgIpc) is 2.66. The fourth-order valence-electron chi connectivity index (χ4n) is 2.05. The van der Waals surface area contributed by atoms with Crippen molar-refractivity contribution in [2.24, 2.45) is 5.92 Å². The lowest BCUT2D eigenvalue weighted by atomic mass is 10.1. The molecule has 1 aromatic rings. The van der Waals surface area contributed by atoms with Gasteiger partial charge < -0.3 is 4.74 Å². The van der Waals surface area contributed by atoms with Gasteiger partial charge in [0.15, 0.2) is 0 Å². The zero-order valence-corrected chi connectivity index (χ0v) is 9.28. The van der Waals surface area contributed by atoms with Crippen molar-refractivity contribution >= 4 is 0 Å². The maximum absolute atomic E-state index is 5.67. The first-order valence-corrected chi connectivity index (χ1v) is 5.70. The summed E-state index contributed by atoms with van der Waals surface area (Å²) in [6.45, 7) is 3.05. The molecule has 0 bridgehead atoms. The van der Waals surface area contributed by atoms with Crippen LogP contribution in [-0.4, -0.2) is 6.61 Å². The summed E-state index contributed by atoms with van der Waals surface area (Å²) in [6, 6.07) is 10.0. The Balaban J connectivity index is 1.72. The minimum atomic E-state index is 0.744. The van der Waals surface area contributed by atoms with Gasteiger partial charge in [0.05, 0.1) is 6.61 Å². The van der Waals surface area contributed by atoms with Gasteiger partial charge in [-0.15, -0.1) is 0 Å². The molecule has 1 aliphatic carbocycles. The van der Waals surface area contributed by atoms with E-state index in [-0.39, 0.29) is 0 Å². The number of para-hydroxylation sites is 1. The van der Waals surface area contributed by atoms with E-state index in [0.717, 1.165) is 24.7 Å². The minimum Gasteiger partial charge on any atom is -0.494 e. The standard InChI is InChI=1S/C14H18O/c1-12-7-8-13(11-12)9-10-15-14-5-3-2-4-6-14/h2-6,11,13H,7-10H2,1H3. The van der Waals surface area contributed by atoms with Crippen molar-refractivity contribution in [3.8, 4) is 5.75 Å². The van der Waals surface area contributed by atoms with Crippen LogP contribution in [0, 0.1) is 5.92 Å². The summed E-state index contributed by atoms with van der Waals surface area (Å²) in [5, 5.41) is 0. The number of ether oxygens (including phenoxy) is 1. The number of hydrogen-bond donors (Lipinski definition) is 0. The zero-order chi connectivity index (χ0) is 10.5. The van der Waals surface area contributed by atoms with Gasteiger partial charge in [-0.05, 0) is 44.2 Å². The molecular formula is C14H18O. The van der Waals surface area contributed by atoms with Crippen molar-refractivity contribution in [3.63, 3.8) is 0 Å². The van der Waals surface area contributed by atoms with Crippen LogP contribution in [0.2, 0.25) is 0 Å². The van der Waals surface area contributed by atoms with Crippen molar-refractivity contribution < 1.29 is 4.74 Å². The van der Waals surface area contributed by atoms with Gasteiger partial charge in [-0.2, -0.15) is 0 Å². The zero-order valence-electron chi connectivity index (χ0n) is 9.28. The van der Waals surface area contributed by atoms with Gasteiger partial charge in [0.25, 0.3) is 0 Å². The number of allylic oxidation sites excluding steroid dienone is 2. The Morgan fingerprint density at radius 1 is 1.27 bits per heavy atom. The van der Waals surface area contributed by atoms with Crippen LogP contribution < -0.4 is 4.74 Å². The van der Waals surface area contributed by atoms with Crippen LogP contribution in [0.3, 0.4) is 0 Å². The molecule has 0 aromatic heterocycles. The molecular weight excluding hydrogens is 184 g/mol. The van der Waals surface area contributed by atoms with E-state index in [1.165, 1.54) is 12.8 Å². The Bertz CT molecular complexity index is 326. The fourth-order valence-corrected chi connectivity index (χ4v) is 2.05. The predicted octanol–water partition coefficient (Wildman–Crippen LogP) is 3.81. The normalized spacial score (nSPS) is 20.1. The van der Waals surface area contributed by atoms with Crippen molar-refractivity contribution in [2.75, 3.05) is 6.61 Å². The van der Waals surface area contributed by atoms with E-state index in [9.17, 15) is 0 Å². The van der Waals surface area contributed by atoms with Gasteiger partial charge >= 0.3 is 0 Å². The van der Waals surface area contributed by atoms with Gasteiger partial charge in [-0.25, -0.2) is 0 Å². The van der Waals surface area contributed by atoms with E-state index >= 15 is 0 Å². The van der Waals surface area contributed by atoms with Crippen molar-refractivity contribution in [1.82, 2.24) is 0 Å². The summed E-state index contributed by atoms with van der Waals surface area (Å²) >= 11 is 0. The summed E-state index contributed by atoms with van der Waals surface area (Å²) in [7, 11) is 0. The monoisotopic (exact) mass is 202 g/mol. The molecule has 1 unspecified atom stereocenters. The average molecular weight is 202 g/mol. The summed E-state index contributed by atoms with van der Waals surface area (Å²) in [4.78, 5) is 0. The lowest BCUT2D eigenvalue weighted by molar-refractivity contribution is 0.291. The van der Waals surface area contributed by atoms with Gasteiger partial charge in [0.2, 0.25) is 0 Å². The van der Waals surface area contributed by atoms with Crippen LogP contribution in [-0.2, 0) is 0 Å². The molecule has 0 fully saturated rings. The highest BCUT2D eigenvalue weighted by atomic mass is 16.5. The minimum absolute atomic E-state index is 0.744. The molecule has 2 rings (SSSR count). The Labute approximate surface area is 91.8 Å². The van der Waals surface area contributed by atoms with Crippen LogP contribution in [0.15, 0.2) is 42.0 Å². The molecule has 0 radical (unpaired) electrons. The highest BCUT2D eigenvalue weighted by molar-refractivity contribution is 5.20. The largest absolute Gasteiger partial charge is 0.494 e. The summed E-state index contributed by atoms with van der Waals surface area (Å²) in [6.07, 6.45) is 6.13. The van der Waals surface area contributed by atoms with Crippen molar-refractivity contribution in [2.45, 2.75) is 26.2 Å². The first-order valence-electron chi connectivity index (χ1n) is 5.70. The van der Waals surface area contributed by atoms with Crippen molar-refractivity contribution in [3.05, 3.63) is 42.0 Å². The summed E-state index contributed by atoms with van der Waals surface area (Å²) < 4.78 is 5.67. The van der Waals surface area contributed by atoms with E-state index in [4.69, 9.17) is 4.74 Å². The lowest BCUT2D eigenvalue weighted by Crippen LogP contribution is -2.02. The Morgan fingerprint density at radius 3 is 2.73 bits per heavy atom. The van der Waals surface area contributed by atoms with Crippen LogP contribution >= 0.6 is 0 Å². The number of rotatable bonds is 4. The second-order valence-corrected chi connectivity index (χ2v) is 4.26. The Morgan fingerprint density at radius 2 is 2.07 bits per heavy atom. The Hall–Kier alpha value is -1.24. The van der Waals surface area contributed by atoms with E-state index < -0.39 is 0 Å². The number of hydrogen-bond acceptors (Lipinski definition) is 1. The maximum Gasteiger partial charge on any atom is 0.119 e. The van der Waals surface area contributed by atoms with Crippen LogP contribution in [0.1, 0.15) is 26.2 Å². The molecule has 80 valence electrons. The van der Waals surface area contributed by atoms with E-state index in [1.807, 2.05) is 30.3 Å². The van der Waals surface area contributed by atoms with Gasteiger partial charge in [-0.1, -0.05) is 29.8 Å². The molecule has 1 nitrogen and oxygen atoms in total. The summed E-state index contributed by atoms with van der Waals surface area (Å²) in [5.74, 6) is 1.73. The molecule has 1 heteroatoms. The van der Waals surface area contributed by atoms with E-state index in [2.05, 4.69) is 13.0 Å². The second kappa shape index (κ2) is 5.01. The predicted molar refractivity (Wildman–Crippen MR) is 63.0 cm³/mol. The molecule has 0 amide bonds. The van der Waals surface area contributed by atoms with Crippen LogP contribution in [0.4, 0.5) is 0 Å². The maximum atomic E-state index is 5.67. The van der Waals surface area contributed by atoms with Crippen LogP contribution in [0.25, 0.3) is 0 Å². The fraction of sp³-hybridized carbons (Fsp3) is 0.429. The lowest BCUT2D eigenvalue weighted by Gasteiger charge is -2.09. The third-order valence-corrected chi connectivity index (χ3v) is 2.93. The highest BCUT2D eigenvalue weighted by Gasteiger charge is 2.12. The van der Waals surface area contributed by atoms with E-state index in [0.29, 0.717) is 0 Å². The molecule has 0 spiro atoms. The first kappa shape index (κ1) is 10.3. The molecule has 1 atom stereocenters.